The maximum atomic E-state index is 12.6. The first-order valence-corrected chi connectivity index (χ1v) is 8.70. The van der Waals surface area contributed by atoms with Crippen LogP contribution in [-0.2, 0) is 4.79 Å². The highest BCUT2D eigenvalue weighted by Gasteiger charge is 2.32. The number of halogens is 4. The van der Waals surface area contributed by atoms with Gasteiger partial charge in [0.2, 0.25) is 11.8 Å². The Hall–Kier alpha value is -2.03. The maximum Gasteiger partial charge on any atom is 0.422 e. The van der Waals surface area contributed by atoms with Crippen LogP contribution in [0.3, 0.4) is 0 Å². The van der Waals surface area contributed by atoms with Gasteiger partial charge in [-0.2, -0.15) is 13.2 Å². The lowest BCUT2D eigenvalue weighted by atomic mass is 9.94. The highest BCUT2D eigenvalue weighted by molar-refractivity contribution is 6.32. The largest absolute Gasteiger partial charge is 0.467 e. The third-order valence-electron chi connectivity index (χ3n) is 3.92. The number of pyridine rings is 1. The van der Waals surface area contributed by atoms with Gasteiger partial charge in [0.1, 0.15) is 5.02 Å². The second-order valence-corrected chi connectivity index (χ2v) is 7.66. The van der Waals surface area contributed by atoms with Gasteiger partial charge in [-0.05, 0) is 6.07 Å². The molecule has 0 aromatic carbocycles. The fraction of sp³-hybridized carbons (Fsp3) is 0.588. The number of hydrogen-bond acceptors (Lipinski definition) is 4. The number of piperazine rings is 1. The maximum absolute atomic E-state index is 12.6. The van der Waals surface area contributed by atoms with Crippen LogP contribution < -0.4 is 4.74 Å². The van der Waals surface area contributed by atoms with Crippen LogP contribution in [0.25, 0.3) is 0 Å². The standard InChI is InChI=1S/C17H21ClF3N3O3/c1-16(2,3)15(26)24-6-4-23(5-7-24)14(25)11-8-12(18)13(22-9-11)27-10-17(19,20)21/h8-9H,4-7,10H2,1-3H3. The first-order chi connectivity index (χ1) is 12.4. The summed E-state index contributed by atoms with van der Waals surface area (Å²) in [5, 5.41) is -0.174. The lowest BCUT2D eigenvalue weighted by Crippen LogP contribution is -2.53. The summed E-state index contributed by atoms with van der Waals surface area (Å²) in [6, 6.07) is 1.23. The Morgan fingerprint density at radius 2 is 1.70 bits per heavy atom. The molecule has 2 amide bonds. The van der Waals surface area contributed by atoms with Crippen molar-refractivity contribution in [1.29, 1.82) is 0 Å². The first-order valence-electron chi connectivity index (χ1n) is 8.32. The number of carbonyl (C=O) groups excluding carboxylic acids is 2. The Balaban J connectivity index is 1.99. The molecule has 0 aliphatic carbocycles. The summed E-state index contributed by atoms with van der Waals surface area (Å²) >= 11 is 5.88. The fourth-order valence-electron chi connectivity index (χ4n) is 2.57. The van der Waals surface area contributed by atoms with E-state index >= 15 is 0 Å². The van der Waals surface area contributed by atoms with Crippen molar-refractivity contribution in [2.24, 2.45) is 5.41 Å². The molecule has 0 N–H and O–H groups in total. The Bertz CT molecular complexity index is 712. The number of aromatic nitrogens is 1. The summed E-state index contributed by atoms with van der Waals surface area (Å²) in [5.41, 5.74) is -0.342. The Morgan fingerprint density at radius 1 is 1.15 bits per heavy atom. The molecule has 0 radical (unpaired) electrons. The summed E-state index contributed by atoms with van der Waals surface area (Å²) in [6.07, 6.45) is -3.38. The zero-order valence-electron chi connectivity index (χ0n) is 15.3. The summed E-state index contributed by atoms with van der Waals surface area (Å²) in [7, 11) is 0. The van der Waals surface area contributed by atoms with Crippen LogP contribution >= 0.6 is 11.6 Å². The molecule has 0 bridgehead atoms. The first kappa shape index (κ1) is 21.3. The molecule has 0 spiro atoms. The van der Waals surface area contributed by atoms with Gasteiger partial charge in [-0.3, -0.25) is 9.59 Å². The number of carbonyl (C=O) groups is 2. The van der Waals surface area contributed by atoms with Crippen LogP contribution in [0.4, 0.5) is 13.2 Å². The summed E-state index contributed by atoms with van der Waals surface area (Å²) in [5.74, 6) is -0.716. The Labute approximate surface area is 160 Å². The van der Waals surface area contributed by atoms with Gasteiger partial charge in [0, 0.05) is 37.8 Å². The SMILES string of the molecule is CC(C)(C)C(=O)N1CCN(C(=O)c2cnc(OCC(F)(F)F)c(Cl)c2)CC1. The lowest BCUT2D eigenvalue weighted by Gasteiger charge is -2.37. The highest BCUT2D eigenvalue weighted by atomic mass is 35.5. The van der Waals surface area contributed by atoms with E-state index in [0.29, 0.717) is 26.2 Å². The summed E-state index contributed by atoms with van der Waals surface area (Å²) in [6.45, 7) is 5.52. The molecule has 1 fully saturated rings. The predicted octanol–water partition coefficient (Wildman–Crippen LogP) is 3.01. The highest BCUT2D eigenvalue weighted by Crippen LogP contribution is 2.26. The molecule has 1 aromatic heterocycles. The van der Waals surface area contributed by atoms with Crippen molar-refractivity contribution in [2.75, 3.05) is 32.8 Å². The van der Waals surface area contributed by atoms with Crippen LogP contribution in [0.5, 0.6) is 5.88 Å². The van der Waals surface area contributed by atoms with Crippen molar-refractivity contribution in [2.45, 2.75) is 26.9 Å². The van der Waals surface area contributed by atoms with Gasteiger partial charge in [0.05, 0.1) is 5.56 Å². The van der Waals surface area contributed by atoms with E-state index in [9.17, 15) is 22.8 Å². The zero-order chi connectivity index (χ0) is 20.4. The predicted molar refractivity (Wildman–Crippen MR) is 92.7 cm³/mol. The van der Waals surface area contributed by atoms with Gasteiger partial charge < -0.3 is 14.5 Å². The molecule has 0 atom stereocenters. The van der Waals surface area contributed by atoms with Gasteiger partial charge in [0.15, 0.2) is 6.61 Å². The number of rotatable bonds is 3. The third kappa shape index (κ3) is 5.72. The van der Waals surface area contributed by atoms with Crippen LogP contribution in [-0.4, -0.2) is 65.6 Å². The van der Waals surface area contributed by atoms with Gasteiger partial charge in [-0.1, -0.05) is 32.4 Å². The van der Waals surface area contributed by atoms with Crippen LogP contribution in [0.2, 0.25) is 5.02 Å². The summed E-state index contributed by atoms with van der Waals surface area (Å²) in [4.78, 5) is 31.8. The van der Waals surface area contributed by atoms with E-state index in [1.165, 1.54) is 6.07 Å². The van der Waals surface area contributed by atoms with Crippen molar-refractivity contribution in [3.63, 3.8) is 0 Å². The van der Waals surface area contributed by atoms with Gasteiger partial charge in [-0.25, -0.2) is 4.98 Å². The minimum Gasteiger partial charge on any atom is -0.467 e. The van der Waals surface area contributed by atoms with Crippen molar-refractivity contribution in [3.05, 3.63) is 22.8 Å². The molecule has 1 aliphatic rings. The zero-order valence-corrected chi connectivity index (χ0v) is 16.0. The molecule has 150 valence electrons. The van der Waals surface area contributed by atoms with E-state index in [1.54, 1.807) is 9.80 Å². The number of nitrogens with zero attached hydrogens (tertiary/aromatic N) is 3. The molecule has 0 unspecified atom stereocenters. The topological polar surface area (TPSA) is 62.7 Å². The van der Waals surface area contributed by atoms with Crippen molar-refractivity contribution in [3.8, 4) is 5.88 Å². The van der Waals surface area contributed by atoms with E-state index in [1.807, 2.05) is 20.8 Å². The van der Waals surface area contributed by atoms with Gasteiger partial charge in [0.25, 0.3) is 5.91 Å². The lowest BCUT2D eigenvalue weighted by molar-refractivity contribution is -0.154. The molecule has 1 saturated heterocycles. The number of amides is 2. The number of hydrogen-bond donors (Lipinski definition) is 0. The second kappa shape index (κ2) is 7.92. The molecule has 0 saturated carbocycles. The van der Waals surface area contributed by atoms with Crippen molar-refractivity contribution >= 4 is 23.4 Å². The van der Waals surface area contributed by atoms with Gasteiger partial charge in [-0.15, -0.1) is 0 Å². The minimum atomic E-state index is -4.51. The van der Waals surface area contributed by atoms with Gasteiger partial charge >= 0.3 is 6.18 Å². The number of alkyl halides is 3. The normalized spacial score (nSPS) is 15.7. The van der Waals surface area contributed by atoms with Crippen molar-refractivity contribution < 1.29 is 27.5 Å². The molecule has 27 heavy (non-hydrogen) atoms. The van der Waals surface area contributed by atoms with E-state index < -0.39 is 18.2 Å². The third-order valence-corrected chi connectivity index (χ3v) is 4.19. The molecule has 1 aliphatic heterocycles. The molecule has 6 nitrogen and oxygen atoms in total. The van der Waals surface area contributed by atoms with Crippen LogP contribution in [0, 0.1) is 5.41 Å². The molecular formula is C17H21ClF3N3O3. The Kier molecular flexibility index (Phi) is 6.24. The van der Waals surface area contributed by atoms with E-state index in [-0.39, 0.29) is 28.3 Å². The molecule has 10 heteroatoms. The quantitative estimate of drug-likeness (QED) is 0.772. The molecule has 1 aromatic rings. The van der Waals surface area contributed by atoms with E-state index in [0.717, 1.165) is 6.20 Å². The molecular weight excluding hydrogens is 387 g/mol. The molecule has 2 rings (SSSR count). The summed E-state index contributed by atoms with van der Waals surface area (Å²) < 4.78 is 41.1. The fourth-order valence-corrected chi connectivity index (χ4v) is 2.79. The van der Waals surface area contributed by atoms with E-state index in [4.69, 9.17) is 11.6 Å². The second-order valence-electron chi connectivity index (χ2n) is 7.25. The number of ether oxygens (including phenoxy) is 1. The van der Waals surface area contributed by atoms with Crippen LogP contribution in [0.1, 0.15) is 31.1 Å². The molecule has 2 heterocycles. The monoisotopic (exact) mass is 407 g/mol. The van der Waals surface area contributed by atoms with Crippen LogP contribution in [0.15, 0.2) is 12.3 Å². The minimum absolute atomic E-state index is 0.0190. The smallest absolute Gasteiger partial charge is 0.422 e. The average Bonchev–Trinajstić information content (AvgIpc) is 2.58. The Morgan fingerprint density at radius 3 is 2.19 bits per heavy atom. The van der Waals surface area contributed by atoms with E-state index in [2.05, 4.69) is 9.72 Å². The average molecular weight is 408 g/mol. The van der Waals surface area contributed by atoms with Crippen molar-refractivity contribution in [1.82, 2.24) is 14.8 Å².